The number of aryl methyl sites for hydroxylation is 1. The number of benzene rings is 1. The smallest absolute Gasteiger partial charge is 0.317 e. The maximum atomic E-state index is 12.3. The van der Waals surface area contributed by atoms with E-state index in [1.165, 1.54) is 0 Å². The molecule has 2 rings (SSSR count). The zero-order valence-electron chi connectivity index (χ0n) is 14.4. The van der Waals surface area contributed by atoms with Crippen LogP contribution in [0.5, 0.6) is 5.75 Å². The van der Waals surface area contributed by atoms with E-state index >= 15 is 0 Å². The number of hydrogen-bond acceptors (Lipinski definition) is 3. The molecule has 1 fully saturated rings. The monoisotopic (exact) mass is 334 g/mol. The molecule has 1 aliphatic heterocycles. The number of urea groups is 1. The number of piperidine rings is 1. The third-order valence-corrected chi connectivity index (χ3v) is 4.27. The van der Waals surface area contributed by atoms with Crippen molar-refractivity contribution in [1.82, 2.24) is 10.2 Å². The van der Waals surface area contributed by atoms with Crippen LogP contribution in [0.25, 0.3) is 0 Å². The number of carboxylic acids is 1. The number of rotatable bonds is 6. The van der Waals surface area contributed by atoms with Crippen molar-refractivity contribution in [3.05, 3.63) is 29.3 Å². The third-order valence-electron chi connectivity index (χ3n) is 4.27. The van der Waals surface area contributed by atoms with Gasteiger partial charge >= 0.3 is 12.0 Å². The molecule has 1 aromatic rings. The molecule has 1 atom stereocenters. The lowest BCUT2D eigenvalue weighted by Gasteiger charge is -2.30. The first-order chi connectivity index (χ1) is 11.5. The van der Waals surface area contributed by atoms with Crippen LogP contribution in [-0.4, -0.2) is 41.7 Å². The van der Waals surface area contributed by atoms with Gasteiger partial charge in [-0.2, -0.15) is 0 Å². The highest BCUT2D eigenvalue weighted by atomic mass is 16.5. The Bertz CT molecular complexity index is 588. The van der Waals surface area contributed by atoms with Gasteiger partial charge in [-0.3, -0.25) is 4.79 Å². The first-order valence-electron chi connectivity index (χ1n) is 8.49. The fraction of sp³-hybridized carbons (Fsp3) is 0.556. The summed E-state index contributed by atoms with van der Waals surface area (Å²) in [5.41, 5.74) is 2.09. The van der Waals surface area contributed by atoms with E-state index in [2.05, 4.69) is 12.2 Å². The van der Waals surface area contributed by atoms with Gasteiger partial charge in [0.2, 0.25) is 0 Å². The van der Waals surface area contributed by atoms with E-state index in [0.717, 1.165) is 29.7 Å². The summed E-state index contributed by atoms with van der Waals surface area (Å²) in [4.78, 5) is 24.9. The molecule has 0 spiro atoms. The van der Waals surface area contributed by atoms with Crippen LogP contribution in [0.15, 0.2) is 18.2 Å². The zero-order chi connectivity index (χ0) is 17.5. The molecule has 1 saturated heterocycles. The average molecular weight is 334 g/mol. The van der Waals surface area contributed by atoms with Crippen molar-refractivity contribution in [3.63, 3.8) is 0 Å². The van der Waals surface area contributed by atoms with Gasteiger partial charge in [0.25, 0.3) is 0 Å². The minimum absolute atomic E-state index is 0.202. The molecule has 0 radical (unpaired) electrons. The van der Waals surface area contributed by atoms with Crippen LogP contribution in [0.4, 0.5) is 4.79 Å². The van der Waals surface area contributed by atoms with Gasteiger partial charge in [0.1, 0.15) is 5.75 Å². The van der Waals surface area contributed by atoms with E-state index < -0.39 is 11.9 Å². The highest BCUT2D eigenvalue weighted by Crippen LogP contribution is 2.19. The number of aliphatic carboxylic acids is 1. The van der Waals surface area contributed by atoms with Gasteiger partial charge < -0.3 is 20.1 Å². The molecule has 0 saturated carbocycles. The van der Waals surface area contributed by atoms with Gasteiger partial charge in [0.05, 0.1) is 12.5 Å². The molecular formula is C18H26N2O4. The molecule has 1 aromatic carbocycles. The number of amides is 2. The Labute approximate surface area is 142 Å². The normalized spacial score (nSPS) is 17.4. The number of carbonyl (C=O) groups is 2. The molecule has 6 heteroatoms. The van der Waals surface area contributed by atoms with Gasteiger partial charge in [0, 0.05) is 19.6 Å². The first kappa shape index (κ1) is 18.1. The molecule has 0 bridgehead atoms. The molecule has 1 unspecified atom stereocenters. The molecular weight excluding hydrogens is 308 g/mol. The molecule has 0 aliphatic carbocycles. The summed E-state index contributed by atoms with van der Waals surface area (Å²) in [5, 5.41) is 12.0. The fourth-order valence-electron chi connectivity index (χ4n) is 2.82. The van der Waals surface area contributed by atoms with Crippen molar-refractivity contribution < 1.29 is 19.4 Å². The van der Waals surface area contributed by atoms with Gasteiger partial charge in [-0.05, 0) is 49.4 Å². The van der Waals surface area contributed by atoms with Crippen LogP contribution in [0.3, 0.4) is 0 Å². The van der Waals surface area contributed by atoms with Gasteiger partial charge in [0.15, 0.2) is 0 Å². The number of hydrogen-bond donors (Lipinski definition) is 2. The Kier molecular flexibility index (Phi) is 6.46. The van der Waals surface area contributed by atoms with Gasteiger partial charge in [-0.25, -0.2) is 4.79 Å². The van der Waals surface area contributed by atoms with Crippen molar-refractivity contribution in [2.24, 2.45) is 5.92 Å². The Hall–Kier alpha value is -2.24. The highest BCUT2D eigenvalue weighted by Gasteiger charge is 2.27. The summed E-state index contributed by atoms with van der Waals surface area (Å²) in [5.74, 6) is -0.447. The largest absolute Gasteiger partial charge is 0.494 e. The SMILES string of the molecule is CCCOc1ccc(CNC(=O)N2CCCC(C(=O)O)C2)c(C)c1. The topological polar surface area (TPSA) is 78.9 Å². The lowest BCUT2D eigenvalue weighted by atomic mass is 9.99. The third kappa shape index (κ3) is 4.88. The maximum absolute atomic E-state index is 12.3. The van der Waals surface area contributed by atoms with E-state index in [0.29, 0.717) is 26.1 Å². The van der Waals surface area contributed by atoms with Crippen LogP contribution >= 0.6 is 0 Å². The Balaban J connectivity index is 1.88. The second-order valence-corrected chi connectivity index (χ2v) is 6.22. The predicted octanol–water partition coefficient (Wildman–Crippen LogP) is 2.79. The quantitative estimate of drug-likeness (QED) is 0.838. The summed E-state index contributed by atoms with van der Waals surface area (Å²) >= 11 is 0. The second kappa shape index (κ2) is 8.57. The molecule has 1 heterocycles. The van der Waals surface area contributed by atoms with Crippen LogP contribution in [0.2, 0.25) is 0 Å². The molecule has 1 aliphatic rings. The summed E-state index contributed by atoms with van der Waals surface area (Å²) < 4.78 is 5.59. The lowest BCUT2D eigenvalue weighted by Crippen LogP contribution is -2.46. The second-order valence-electron chi connectivity index (χ2n) is 6.22. The number of carboxylic acid groups (broad SMARTS) is 1. The number of ether oxygens (including phenoxy) is 1. The number of carbonyl (C=O) groups excluding carboxylic acids is 1. The van der Waals surface area contributed by atoms with Crippen molar-refractivity contribution in [1.29, 1.82) is 0 Å². The maximum Gasteiger partial charge on any atom is 0.317 e. The van der Waals surface area contributed by atoms with Crippen molar-refractivity contribution in [2.45, 2.75) is 39.7 Å². The summed E-state index contributed by atoms with van der Waals surface area (Å²) in [6.45, 7) is 6.05. The molecule has 132 valence electrons. The molecule has 0 aromatic heterocycles. The average Bonchev–Trinajstić information content (AvgIpc) is 2.59. The fourth-order valence-corrected chi connectivity index (χ4v) is 2.82. The van der Waals surface area contributed by atoms with Crippen LogP contribution in [-0.2, 0) is 11.3 Å². The first-order valence-corrected chi connectivity index (χ1v) is 8.49. The summed E-state index contributed by atoms with van der Waals surface area (Å²) in [7, 11) is 0. The van der Waals surface area contributed by atoms with E-state index in [1.54, 1.807) is 4.90 Å². The predicted molar refractivity (Wildman–Crippen MR) is 91.1 cm³/mol. The van der Waals surface area contributed by atoms with E-state index in [-0.39, 0.29) is 12.6 Å². The van der Waals surface area contributed by atoms with Crippen molar-refractivity contribution in [2.75, 3.05) is 19.7 Å². The standard InChI is InChI=1S/C18H26N2O4/c1-3-9-24-16-7-6-14(13(2)10-16)11-19-18(23)20-8-4-5-15(12-20)17(21)22/h6-7,10,15H,3-5,8-9,11-12H2,1-2H3,(H,19,23)(H,21,22). The molecule has 24 heavy (non-hydrogen) atoms. The van der Waals surface area contributed by atoms with E-state index in [1.807, 2.05) is 25.1 Å². The highest BCUT2D eigenvalue weighted by molar-refractivity contribution is 5.76. The van der Waals surface area contributed by atoms with Crippen molar-refractivity contribution >= 4 is 12.0 Å². The zero-order valence-corrected chi connectivity index (χ0v) is 14.4. The van der Waals surface area contributed by atoms with Crippen molar-refractivity contribution in [3.8, 4) is 5.75 Å². The Morgan fingerprint density at radius 1 is 1.42 bits per heavy atom. The minimum atomic E-state index is -0.828. The number of nitrogens with one attached hydrogen (secondary N) is 1. The van der Waals surface area contributed by atoms with Crippen LogP contribution < -0.4 is 10.1 Å². The number of nitrogens with zero attached hydrogens (tertiary/aromatic N) is 1. The van der Waals surface area contributed by atoms with Gasteiger partial charge in [-0.1, -0.05) is 13.0 Å². The van der Waals surface area contributed by atoms with E-state index in [9.17, 15) is 9.59 Å². The summed E-state index contributed by atoms with van der Waals surface area (Å²) in [6, 6.07) is 5.63. The molecule has 6 nitrogen and oxygen atoms in total. The van der Waals surface area contributed by atoms with E-state index in [4.69, 9.17) is 9.84 Å². The van der Waals surface area contributed by atoms with Crippen LogP contribution in [0.1, 0.15) is 37.3 Å². The lowest BCUT2D eigenvalue weighted by molar-refractivity contribution is -0.143. The molecule has 2 amide bonds. The Morgan fingerprint density at radius 2 is 2.21 bits per heavy atom. The minimum Gasteiger partial charge on any atom is -0.494 e. The van der Waals surface area contributed by atoms with Crippen LogP contribution in [0, 0.1) is 12.8 Å². The summed E-state index contributed by atoms with van der Waals surface area (Å²) in [6.07, 6.45) is 2.33. The molecule has 2 N–H and O–H groups in total. The van der Waals surface area contributed by atoms with Gasteiger partial charge in [-0.15, -0.1) is 0 Å². The number of likely N-dealkylation sites (tertiary alicyclic amines) is 1. The Morgan fingerprint density at radius 3 is 2.88 bits per heavy atom.